The predicted octanol–water partition coefficient (Wildman–Crippen LogP) is 2.71. The molecular weight excluding hydrogens is 312 g/mol. The van der Waals surface area contributed by atoms with Gasteiger partial charge in [-0.2, -0.15) is 5.10 Å². The van der Waals surface area contributed by atoms with Crippen molar-refractivity contribution in [1.29, 1.82) is 0 Å². The summed E-state index contributed by atoms with van der Waals surface area (Å²) in [5.74, 6) is 0.222. The highest BCUT2D eigenvalue weighted by atomic mass is 16.2. The van der Waals surface area contributed by atoms with E-state index in [0.29, 0.717) is 13.0 Å². The summed E-state index contributed by atoms with van der Waals surface area (Å²) in [7, 11) is 2.14. The van der Waals surface area contributed by atoms with E-state index in [0.717, 1.165) is 31.0 Å². The van der Waals surface area contributed by atoms with Crippen molar-refractivity contribution < 1.29 is 4.79 Å². The van der Waals surface area contributed by atoms with Crippen molar-refractivity contribution >= 4 is 5.91 Å². The fourth-order valence-electron chi connectivity index (χ4n) is 3.50. The van der Waals surface area contributed by atoms with E-state index in [9.17, 15) is 4.79 Å². The Balaban J connectivity index is 1.63. The molecule has 1 aliphatic heterocycles. The number of amides is 1. The zero-order valence-corrected chi connectivity index (χ0v) is 15.7. The van der Waals surface area contributed by atoms with E-state index < -0.39 is 0 Å². The van der Waals surface area contributed by atoms with Crippen LogP contribution in [0.4, 0.5) is 0 Å². The average molecular weight is 340 g/mol. The molecule has 0 spiro atoms. The molecule has 0 radical (unpaired) electrons. The van der Waals surface area contributed by atoms with Gasteiger partial charge in [-0.05, 0) is 38.9 Å². The Kier molecular flexibility index (Phi) is 5.23. The van der Waals surface area contributed by atoms with Crippen LogP contribution in [0.5, 0.6) is 0 Å². The van der Waals surface area contributed by atoms with Gasteiger partial charge in [0.2, 0.25) is 5.91 Å². The maximum atomic E-state index is 12.7. The van der Waals surface area contributed by atoms with Crippen molar-refractivity contribution in [1.82, 2.24) is 19.6 Å². The highest BCUT2D eigenvalue weighted by molar-refractivity contribution is 5.76. The second-order valence-corrected chi connectivity index (χ2v) is 7.02. The van der Waals surface area contributed by atoms with Crippen LogP contribution in [0.2, 0.25) is 0 Å². The van der Waals surface area contributed by atoms with Gasteiger partial charge in [0.1, 0.15) is 0 Å². The molecule has 5 nitrogen and oxygen atoms in total. The first-order chi connectivity index (χ1) is 12.0. The molecule has 1 saturated heterocycles. The normalized spacial score (nSPS) is 18.6. The van der Waals surface area contributed by atoms with Crippen molar-refractivity contribution in [3.63, 3.8) is 0 Å². The lowest BCUT2D eigenvalue weighted by molar-refractivity contribution is -0.134. The third-order valence-corrected chi connectivity index (χ3v) is 5.47. The minimum absolute atomic E-state index is 0.222. The fraction of sp³-hybridized carbons (Fsp3) is 0.500. The van der Waals surface area contributed by atoms with E-state index in [4.69, 9.17) is 0 Å². The van der Waals surface area contributed by atoms with Gasteiger partial charge in [0.05, 0.1) is 11.7 Å². The molecule has 2 heterocycles. The molecule has 0 N–H and O–H groups in total. The smallest absolute Gasteiger partial charge is 0.224 e. The van der Waals surface area contributed by atoms with Gasteiger partial charge in [0, 0.05) is 38.3 Å². The topological polar surface area (TPSA) is 41.4 Å². The van der Waals surface area contributed by atoms with Gasteiger partial charge in [-0.25, -0.2) is 0 Å². The van der Waals surface area contributed by atoms with Crippen LogP contribution >= 0.6 is 0 Å². The maximum Gasteiger partial charge on any atom is 0.224 e. The average Bonchev–Trinajstić information content (AvgIpc) is 2.87. The van der Waals surface area contributed by atoms with Crippen LogP contribution in [0.25, 0.3) is 0 Å². The van der Waals surface area contributed by atoms with E-state index in [1.54, 1.807) is 0 Å². The number of hydrogen-bond donors (Lipinski definition) is 0. The first-order valence-electron chi connectivity index (χ1n) is 9.01. The van der Waals surface area contributed by atoms with Crippen LogP contribution in [0.1, 0.15) is 35.0 Å². The largest absolute Gasteiger partial charge is 0.339 e. The summed E-state index contributed by atoms with van der Waals surface area (Å²) in [5, 5.41) is 4.54. The summed E-state index contributed by atoms with van der Waals surface area (Å²) in [6.07, 6.45) is 0.507. The lowest BCUT2D eigenvalue weighted by atomic mass is 10.0. The van der Waals surface area contributed by atoms with E-state index in [1.165, 1.54) is 11.1 Å². The lowest BCUT2D eigenvalue weighted by Crippen LogP contribution is -2.49. The van der Waals surface area contributed by atoms with Crippen molar-refractivity contribution in [3.8, 4) is 0 Å². The summed E-state index contributed by atoms with van der Waals surface area (Å²) >= 11 is 0. The monoisotopic (exact) mass is 340 g/mol. The number of carbonyl (C=O) groups excluding carboxylic acids is 1. The van der Waals surface area contributed by atoms with Gasteiger partial charge in [-0.3, -0.25) is 14.4 Å². The Labute approximate surface area is 150 Å². The number of aryl methyl sites for hydroxylation is 2. The zero-order chi connectivity index (χ0) is 18.0. The minimum Gasteiger partial charge on any atom is -0.339 e. The van der Waals surface area contributed by atoms with E-state index in [-0.39, 0.29) is 11.9 Å². The molecule has 25 heavy (non-hydrogen) atoms. The molecule has 5 heteroatoms. The molecule has 2 aromatic rings. The quantitative estimate of drug-likeness (QED) is 0.859. The molecule has 1 fully saturated rings. The molecule has 1 aliphatic rings. The standard InChI is InChI=1S/C20H28N4O/c1-15-16(2)21-24(17(15)3)11-10-20(25)23-13-12-22(4)19(14-23)18-8-6-5-7-9-18/h5-9,19H,10-14H2,1-4H3. The van der Waals surface area contributed by atoms with Crippen molar-refractivity contribution in [2.24, 2.45) is 0 Å². The summed E-state index contributed by atoms with van der Waals surface area (Å²) in [5.41, 5.74) is 4.70. The van der Waals surface area contributed by atoms with E-state index in [1.807, 2.05) is 22.6 Å². The highest BCUT2D eigenvalue weighted by Gasteiger charge is 2.28. The van der Waals surface area contributed by atoms with Gasteiger partial charge in [0.25, 0.3) is 0 Å². The molecule has 1 aromatic carbocycles. The van der Waals surface area contributed by atoms with Gasteiger partial charge >= 0.3 is 0 Å². The van der Waals surface area contributed by atoms with Crippen molar-refractivity contribution in [3.05, 3.63) is 52.8 Å². The number of aromatic nitrogens is 2. The molecule has 0 bridgehead atoms. The van der Waals surface area contributed by atoms with Gasteiger partial charge < -0.3 is 4.90 Å². The summed E-state index contributed by atoms with van der Waals surface area (Å²) in [4.78, 5) is 17.1. The van der Waals surface area contributed by atoms with Gasteiger partial charge in [0.15, 0.2) is 0 Å². The van der Waals surface area contributed by atoms with Crippen LogP contribution in [0, 0.1) is 20.8 Å². The number of rotatable bonds is 4. The van der Waals surface area contributed by atoms with Crippen LogP contribution < -0.4 is 0 Å². The summed E-state index contributed by atoms with van der Waals surface area (Å²) in [6, 6.07) is 10.7. The molecule has 1 unspecified atom stereocenters. The Morgan fingerprint density at radius 1 is 1.16 bits per heavy atom. The Bertz CT molecular complexity index is 738. The third kappa shape index (κ3) is 3.76. The Morgan fingerprint density at radius 2 is 1.88 bits per heavy atom. The van der Waals surface area contributed by atoms with Crippen molar-refractivity contribution in [2.75, 3.05) is 26.7 Å². The van der Waals surface area contributed by atoms with Gasteiger partial charge in [-0.1, -0.05) is 30.3 Å². The Hall–Kier alpha value is -2.14. The third-order valence-electron chi connectivity index (χ3n) is 5.47. The second kappa shape index (κ2) is 7.40. The molecule has 0 aliphatic carbocycles. The van der Waals surface area contributed by atoms with Crippen LogP contribution in [0.15, 0.2) is 30.3 Å². The van der Waals surface area contributed by atoms with E-state index >= 15 is 0 Å². The molecule has 3 rings (SSSR count). The van der Waals surface area contributed by atoms with E-state index in [2.05, 4.69) is 55.2 Å². The maximum absolute atomic E-state index is 12.7. The zero-order valence-electron chi connectivity index (χ0n) is 15.7. The summed E-state index contributed by atoms with van der Waals surface area (Å²) < 4.78 is 1.97. The SMILES string of the molecule is Cc1nn(CCC(=O)N2CCN(C)C(c3ccccc3)C2)c(C)c1C. The number of nitrogens with zero attached hydrogens (tertiary/aromatic N) is 4. The number of carbonyl (C=O) groups is 1. The predicted molar refractivity (Wildman–Crippen MR) is 99.4 cm³/mol. The second-order valence-electron chi connectivity index (χ2n) is 7.02. The molecule has 1 amide bonds. The molecule has 1 aromatic heterocycles. The number of piperazine rings is 1. The molecular formula is C20H28N4O. The first kappa shape index (κ1) is 17.7. The van der Waals surface area contributed by atoms with Gasteiger partial charge in [-0.15, -0.1) is 0 Å². The van der Waals surface area contributed by atoms with Crippen LogP contribution in [0.3, 0.4) is 0 Å². The number of hydrogen-bond acceptors (Lipinski definition) is 3. The minimum atomic E-state index is 0.222. The first-order valence-corrected chi connectivity index (χ1v) is 9.01. The highest BCUT2D eigenvalue weighted by Crippen LogP contribution is 2.24. The van der Waals surface area contributed by atoms with Crippen LogP contribution in [-0.4, -0.2) is 52.2 Å². The number of benzene rings is 1. The summed E-state index contributed by atoms with van der Waals surface area (Å²) in [6.45, 7) is 9.30. The number of likely N-dealkylation sites (N-methyl/N-ethyl adjacent to an activating group) is 1. The fourth-order valence-corrected chi connectivity index (χ4v) is 3.50. The van der Waals surface area contributed by atoms with Crippen molar-refractivity contribution in [2.45, 2.75) is 39.8 Å². The molecule has 0 saturated carbocycles. The lowest BCUT2D eigenvalue weighted by Gasteiger charge is -2.39. The Morgan fingerprint density at radius 3 is 2.52 bits per heavy atom. The molecule has 1 atom stereocenters. The van der Waals surface area contributed by atoms with Crippen LogP contribution in [-0.2, 0) is 11.3 Å². The molecule has 134 valence electrons.